The highest BCUT2D eigenvalue weighted by Gasteiger charge is 2.16. The Morgan fingerprint density at radius 3 is 1.49 bits per heavy atom. The van der Waals surface area contributed by atoms with Crippen LogP contribution in [0.15, 0.2) is 170 Å². The molecule has 49 heavy (non-hydrogen) atoms. The van der Waals surface area contributed by atoms with Crippen LogP contribution in [0.5, 0.6) is 0 Å². The van der Waals surface area contributed by atoms with Gasteiger partial charge in [-0.1, -0.05) is 127 Å². The Hall–Kier alpha value is -6.65. The Kier molecular flexibility index (Phi) is 6.15. The number of hydrogen-bond acceptors (Lipinski definition) is 3. The Morgan fingerprint density at radius 1 is 0.327 bits per heavy atom. The van der Waals surface area contributed by atoms with E-state index in [4.69, 9.17) is 15.0 Å². The summed E-state index contributed by atoms with van der Waals surface area (Å²) in [4.78, 5) is 15.5. The zero-order chi connectivity index (χ0) is 32.3. The summed E-state index contributed by atoms with van der Waals surface area (Å²) in [5.74, 6) is 0.686. The predicted molar refractivity (Wildman–Crippen MR) is 203 cm³/mol. The number of para-hydroxylation sites is 3. The van der Waals surface area contributed by atoms with Gasteiger partial charge in [0, 0.05) is 27.6 Å². The standard InChI is InChI=1S/C45H28N4/c1-3-11-33-25-35(23-17-29(33)9-1)39-28-40(36-24-18-30-10-2-4-12-34(30)26-36)48-45(47-39)32-21-19-31(20-22-32)44-43-27-37-13-5-7-15-41(37)49(43)42-16-8-6-14-38(42)46-44/h1-28H. The average molecular weight is 625 g/mol. The van der Waals surface area contributed by atoms with Crippen LogP contribution in [-0.2, 0) is 0 Å². The molecule has 4 nitrogen and oxygen atoms in total. The van der Waals surface area contributed by atoms with Crippen molar-refractivity contribution in [2.45, 2.75) is 0 Å². The molecule has 0 fully saturated rings. The molecule has 4 heteroatoms. The molecule has 0 aliphatic rings. The molecule has 0 aliphatic carbocycles. The van der Waals surface area contributed by atoms with Crippen molar-refractivity contribution in [2.24, 2.45) is 0 Å². The van der Waals surface area contributed by atoms with Gasteiger partial charge in [0.2, 0.25) is 0 Å². The highest BCUT2D eigenvalue weighted by atomic mass is 14.9. The van der Waals surface area contributed by atoms with Gasteiger partial charge >= 0.3 is 0 Å². The first-order valence-corrected chi connectivity index (χ1v) is 16.5. The fourth-order valence-corrected chi connectivity index (χ4v) is 7.07. The van der Waals surface area contributed by atoms with Crippen molar-refractivity contribution in [1.29, 1.82) is 0 Å². The van der Waals surface area contributed by atoms with E-state index in [9.17, 15) is 0 Å². The minimum absolute atomic E-state index is 0.686. The zero-order valence-corrected chi connectivity index (χ0v) is 26.5. The second kappa shape index (κ2) is 11.0. The summed E-state index contributed by atoms with van der Waals surface area (Å²) in [5.41, 5.74) is 11.2. The first-order chi connectivity index (χ1) is 24.2. The second-order valence-electron chi connectivity index (χ2n) is 12.5. The van der Waals surface area contributed by atoms with E-state index < -0.39 is 0 Å². The molecule has 228 valence electrons. The third-order valence-corrected chi connectivity index (χ3v) is 9.54. The summed E-state index contributed by atoms with van der Waals surface area (Å²) in [7, 11) is 0. The molecule has 0 atom stereocenters. The second-order valence-corrected chi connectivity index (χ2v) is 12.5. The van der Waals surface area contributed by atoms with Crippen LogP contribution >= 0.6 is 0 Å². The molecule has 0 N–H and O–H groups in total. The summed E-state index contributed by atoms with van der Waals surface area (Å²) in [6.45, 7) is 0. The molecule has 0 radical (unpaired) electrons. The lowest BCUT2D eigenvalue weighted by atomic mass is 10.0. The topological polar surface area (TPSA) is 43.1 Å². The van der Waals surface area contributed by atoms with Gasteiger partial charge in [-0.25, -0.2) is 15.0 Å². The molecular weight excluding hydrogens is 597 g/mol. The molecule has 3 aromatic heterocycles. The monoisotopic (exact) mass is 624 g/mol. The number of benzene rings is 7. The van der Waals surface area contributed by atoms with E-state index in [0.29, 0.717) is 5.82 Å². The Balaban J connectivity index is 1.13. The van der Waals surface area contributed by atoms with Gasteiger partial charge in [0.1, 0.15) is 0 Å². The molecule has 0 bridgehead atoms. The van der Waals surface area contributed by atoms with Crippen LogP contribution in [0.4, 0.5) is 0 Å². The molecule has 3 heterocycles. The fraction of sp³-hybridized carbons (Fsp3) is 0. The third kappa shape index (κ3) is 4.65. The molecule has 7 aromatic carbocycles. The maximum absolute atomic E-state index is 5.18. The molecule has 0 saturated carbocycles. The molecule has 0 spiro atoms. The van der Waals surface area contributed by atoms with E-state index in [-0.39, 0.29) is 0 Å². The van der Waals surface area contributed by atoms with Crippen molar-refractivity contribution < 1.29 is 0 Å². The van der Waals surface area contributed by atoms with Gasteiger partial charge in [0.05, 0.1) is 39.1 Å². The normalized spacial score (nSPS) is 11.7. The van der Waals surface area contributed by atoms with E-state index in [1.807, 2.05) is 6.07 Å². The van der Waals surface area contributed by atoms with Gasteiger partial charge in [-0.2, -0.15) is 0 Å². The predicted octanol–water partition coefficient (Wildman–Crippen LogP) is 11.4. The van der Waals surface area contributed by atoms with Gasteiger partial charge in [-0.15, -0.1) is 0 Å². The maximum Gasteiger partial charge on any atom is 0.160 e. The van der Waals surface area contributed by atoms with Gasteiger partial charge in [-0.3, -0.25) is 0 Å². The smallest absolute Gasteiger partial charge is 0.160 e. The van der Waals surface area contributed by atoms with E-state index in [0.717, 1.165) is 55.9 Å². The average Bonchev–Trinajstić information content (AvgIpc) is 3.57. The van der Waals surface area contributed by atoms with Crippen LogP contribution in [0.1, 0.15) is 0 Å². The van der Waals surface area contributed by atoms with Crippen molar-refractivity contribution in [1.82, 2.24) is 19.4 Å². The summed E-state index contributed by atoms with van der Waals surface area (Å²) < 4.78 is 2.33. The third-order valence-electron chi connectivity index (χ3n) is 9.54. The minimum atomic E-state index is 0.686. The van der Waals surface area contributed by atoms with Crippen LogP contribution in [0, 0.1) is 0 Å². The van der Waals surface area contributed by atoms with Gasteiger partial charge in [-0.05, 0) is 64.0 Å². The van der Waals surface area contributed by atoms with Crippen molar-refractivity contribution in [3.05, 3.63) is 170 Å². The summed E-state index contributed by atoms with van der Waals surface area (Å²) >= 11 is 0. The minimum Gasteiger partial charge on any atom is -0.306 e. The highest BCUT2D eigenvalue weighted by Crippen LogP contribution is 2.34. The summed E-state index contributed by atoms with van der Waals surface area (Å²) in [6.07, 6.45) is 0. The summed E-state index contributed by atoms with van der Waals surface area (Å²) in [5, 5.41) is 5.97. The number of rotatable bonds is 4. The maximum atomic E-state index is 5.18. The molecule has 10 aromatic rings. The largest absolute Gasteiger partial charge is 0.306 e. The molecule has 0 saturated heterocycles. The molecule has 0 aliphatic heterocycles. The van der Waals surface area contributed by atoms with Crippen LogP contribution in [-0.4, -0.2) is 19.4 Å². The molecular formula is C45H28N4. The summed E-state index contributed by atoms with van der Waals surface area (Å²) in [6, 6.07) is 59.7. The van der Waals surface area contributed by atoms with E-state index in [2.05, 4.69) is 168 Å². The van der Waals surface area contributed by atoms with Crippen LogP contribution in [0.3, 0.4) is 0 Å². The molecule has 10 rings (SSSR count). The number of nitrogens with zero attached hydrogens (tertiary/aromatic N) is 4. The highest BCUT2D eigenvalue weighted by molar-refractivity contribution is 5.98. The van der Waals surface area contributed by atoms with E-state index >= 15 is 0 Å². The van der Waals surface area contributed by atoms with Gasteiger partial charge < -0.3 is 4.40 Å². The Bertz CT molecular complexity index is 2790. The number of fused-ring (bicyclic) bond motifs is 7. The van der Waals surface area contributed by atoms with Gasteiger partial charge in [0.25, 0.3) is 0 Å². The lowest BCUT2D eigenvalue weighted by molar-refractivity contribution is 1.18. The quantitative estimate of drug-likeness (QED) is 0.196. The lowest BCUT2D eigenvalue weighted by Crippen LogP contribution is -1.97. The van der Waals surface area contributed by atoms with Crippen LogP contribution in [0.2, 0.25) is 0 Å². The molecule has 0 amide bonds. The fourth-order valence-electron chi connectivity index (χ4n) is 7.07. The SMILES string of the molecule is c1ccc2cc(-c3cc(-c4ccc5ccccc5c4)nc(-c4ccc(-c5nc6ccccc6n6c5cc5ccccc56)cc4)n3)ccc2c1. The van der Waals surface area contributed by atoms with Crippen molar-refractivity contribution in [2.75, 3.05) is 0 Å². The van der Waals surface area contributed by atoms with Crippen molar-refractivity contribution in [3.63, 3.8) is 0 Å². The Labute approximate surface area is 282 Å². The van der Waals surface area contributed by atoms with Crippen molar-refractivity contribution in [3.8, 4) is 45.2 Å². The lowest BCUT2D eigenvalue weighted by Gasteiger charge is -2.12. The van der Waals surface area contributed by atoms with Crippen LogP contribution < -0.4 is 0 Å². The molecule has 0 unspecified atom stereocenters. The first kappa shape index (κ1) is 27.5. The van der Waals surface area contributed by atoms with E-state index in [1.165, 1.54) is 32.4 Å². The van der Waals surface area contributed by atoms with Crippen molar-refractivity contribution >= 4 is 49.0 Å². The van der Waals surface area contributed by atoms with Crippen LogP contribution in [0.25, 0.3) is 94.2 Å². The Morgan fingerprint density at radius 2 is 0.837 bits per heavy atom. The van der Waals surface area contributed by atoms with E-state index in [1.54, 1.807) is 0 Å². The first-order valence-electron chi connectivity index (χ1n) is 16.5. The number of hydrogen-bond donors (Lipinski definition) is 0. The zero-order valence-electron chi connectivity index (χ0n) is 26.5. The number of aromatic nitrogens is 4. The van der Waals surface area contributed by atoms with Gasteiger partial charge in [0.15, 0.2) is 5.82 Å².